The molecule has 0 spiro atoms. The van der Waals surface area contributed by atoms with Crippen molar-refractivity contribution >= 4 is 5.97 Å². The van der Waals surface area contributed by atoms with E-state index in [1.54, 1.807) is 12.1 Å². The maximum Gasteiger partial charge on any atom is 0.315 e. The fraction of sp³-hybridized carbons (Fsp3) is 0.381. The van der Waals surface area contributed by atoms with E-state index in [0.717, 1.165) is 5.56 Å². The highest BCUT2D eigenvalue weighted by Crippen LogP contribution is 2.27. The first kappa shape index (κ1) is 19.5. The number of rotatable bonds is 7. The second-order valence-electron chi connectivity index (χ2n) is 6.61. The van der Waals surface area contributed by atoms with Crippen molar-refractivity contribution in [3.05, 3.63) is 71.8 Å². The number of esters is 1. The second-order valence-corrected chi connectivity index (χ2v) is 6.61. The van der Waals surface area contributed by atoms with Crippen molar-refractivity contribution < 1.29 is 19.4 Å². The summed E-state index contributed by atoms with van der Waals surface area (Å²) in [6.07, 6.45) is -1.71. The van der Waals surface area contributed by atoms with Crippen molar-refractivity contribution in [3.63, 3.8) is 0 Å². The summed E-state index contributed by atoms with van der Waals surface area (Å²) in [4.78, 5) is 14.9. The standard InChI is InChI=1S/C21H26N2O4/c22-20(23-11-13-26-14-12-23)18(19(24)17-9-5-2-6-10-17)21(25)27-15-16-7-3-1-4-8-16/h1-10,18-20,24H,11-15,22H2. The van der Waals surface area contributed by atoms with Crippen LogP contribution in [0.5, 0.6) is 0 Å². The molecule has 0 aromatic heterocycles. The molecular formula is C21H26N2O4. The van der Waals surface area contributed by atoms with E-state index in [0.29, 0.717) is 31.9 Å². The van der Waals surface area contributed by atoms with Gasteiger partial charge in [0.05, 0.1) is 25.5 Å². The Balaban J connectivity index is 1.76. The average molecular weight is 370 g/mol. The third-order valence-electron chi connectivity index (χ3n) is 4.81. The largest absolute Gasteiger partial charge is 0.460 e. The molecule has 1 aliphatic rings. The Hall–Kier alpha value is -2.25. The lowest BCUT2D eigenvalue weighted by Gasteiger charge is -2.37. The highest BCUT2D eigenvalue weighted by atomic mass is 16.5. The third kappa shape index (κ3) is 5.14. The molecule has 1 aliphatic heterocycles. The van der Waals surface area contributed by atoms with Crippen molar-refractivity contribution in [3.8, 4) is 0 Å². The highest BCUT2D eigenvalue weighted by Gasteiger charge is 2.38. The van der Waals surface area contributed by atoms with Crippen LogP contribution in [-0.2, 0) is 20.9 Å². The van der Waals surface area contributed by atoms with Crippen LogP contribution < -0.4 is 5.73 Å². The maximum absolute atomic E-state index is 12.9. The first-order valence-electron chi connectivity index (χ1n) is 9.18. The number of aliphatic hydroxyl groups is 1. The van der Waals surface area contributed by atoms with Gasteiger partial charge in [0.1, 0.15) is 12.5 Å². The van der Waals surface area contributed by atoms with Gasteiger partial charge in [0.15, 0.2) is 0 Å². The molecule has 3 unspecified atom stereocenters. The maximum atomic E-state index is 12.9. The third-order valence-corrected chi connectivity index (χ3v) is 4.81. The SMILES string of the molecule is NC(C(C(=O)OCc1ccccc1)C(O)c1ccccc1)N1CCOCC1. The van der Waals surface area contributed by atoms with Gasteiger partial charge in [-0.1, -0.05) is 60.7 Å². The summed E-state index contributed by atoms with van der Waals surface area (Å²) in [5.74, 6) is -1.40. The Morgan fingerprint density at radius 1 is 1.07 bits per heavy atom. The van der Waals surface area contributed by atoms with Crippen LogP contribution in [0.4, 0.5) is 0 Å². The van der Waals surface area contributed by atoms with Gasteiger partial charge in [-0.05, 0) is 11.1 Å². The molecule has 6 nitrogen and oxygen atoms in total. The van der Waals surface area contributed by atoms with Crippen LogP contribution in [0.25, 0.3) is 0 Å². The number of nitrogens with zero attached hydrogens (tertiary/aromatic N) is 1. The number of morpholine rings is 1. The van der Waals surface area contributed by atoms with E-state index in [1.807, 2.05) is 53.4 Å². The normalized spacial score (nSPS) is 18.4. The monoisotopic (exact) mass is 370 g/mol. The zero-order chi connectivity index (χ0) is 19.1. The molecule has 0 radical (unpaired) electrons. The van der Waals surface area contributed by atoms with Gasteiger partial charge in [0.2, 0.25) is 0 Å². The van der Waals surface area contributed by atoms with Gasteiger partial charge in [-0.2, -0.15) is 0 Å². The Morgan fingerprint density at radius 2 is 1.67 bits per heavy atom. The van der Waals surface area contributed by atoms with E-state index in [-0.39, 0.29) is 6.61 Å². The summed E-state index contributed by atoms with van der Waals surface area (Å²) in [7, 11) is 0. The van der Waals surface area contributed by atoms with Crippen molar-refractivity contribution in [2.75, 3.05) is 26.3 Å². The summed E-state index contributed by atoms with van der Waals surface area (Å²) in [6.45, 7) is 2.49. The zero-order valence-corrected chi connectivity index (χ0v) is 15.2. The molecule has 2 aromatic carbocycles. The number of aliphatic hydroxyl groups excluding tert-OH is 1. The number of nitrogens with two attached hydrogens (primary N) is 1. The van der Waals surface area contributed by atoms with E-state index in [2.05, 4.69) is 0 Å². The topological polar surface area (TPSA) is 85.0 Å². The second kappa shape index (κ2) is 9.62. The van der Waals surface area contributed by atoms with Crippen LogP contribution in [0.2, 0.25) is 0 Å². The van der Waals surface area contributed by atoms with Gasteiger partial charge in [-0.25, -0.2) is 0 Å². The first-order valence-corrected chi connectivity index (χ1v) is 9.18. The number of carbonyl (C=O) groups excluding carboxylic acids is 1. The Kier molecular flexibility index (Phi) is 6.95. The minimum Gasteiger partial charge on any atom is -0.460 e. The number of hydrogen-bond donors (Lipinski definition) is 2. The lowest BCUT2D eigenvalue weighted by Crippen LogP contribution is -2.55. The van der Waals surface area contributed by atoms with Crippen LogP contribution in [-0.4, -0.2) is 48.4 Å². The molecular weight excluding hydrogens is 344 g/mol. The highest BCUT2D eigenvalue weighted by molar-refractivity contribution is 5.74. The van der Waals surface area contributed by atoms with Crippen molar-refractivity contribution in [2.45, 2.75) is 18.9 Å². The Bertz CT molecular complexity index is 705. The van der Waals surface area contributed by atoms with E-state index in [9.17, 15) is 9.90 Å². The molecule has 0 amide bonds. The van der Waals surface area contributed by atoms with Crippen LogP contribution in [0.3, 0.4) is 0 Å². The molecule has 1 fully saturated rings. The van der Waals surface area contributed by atoms with Crippen molar-refractivity contribution in [1.29, 1.82) is 0 Å². The predicted molar refractivity (Wildman–Crippen MR) is 101 cm³/mol. The molecule has 1 heterocycles. The summed E-state index contributed by atoms with van der Waals surface area (Å²) in [5.41, 5.74) is 7.94. The lowest BCUT2D eigenvalue weighted by atomic mass is 9.92. The van der Waals surface area contributed by atoms with Crippen LogP contribution >= 0.6 is 0 Å². The molecule has 0 aliphatic carbocycles. The van der Waals surface area contributed by atoms with Gasteiger partial charge < -0.3 is 20.3 Å². The molecule has 0 saturated carbocycles. The quantitative estimate of drug-likeness (QED) is 0.722. The molecule has 3 N–H and O–H groups in total. The molecule has 27 heavy (non-hydrogen) atoms. The Morgan fingerprint density at radius 3 is 2.30 bits per heavy atom. The molecule has 2 aromatic rings. The average Bonchev–Trinajstić information content (AvgIpc) is 2.74. The van der Waals surface area contributed by atoms with Crippen LogP contribution in [0, 0.1) is 5.92 Å². The molecule has 0 bridgehead atoms. The molecule has 6 heteroatoms. The fourth-order valence-electron chi connectivity index (χ4n) is 3.24. The lowest BCUT2D eigenvalue weighted by molar-refractivity contribution is -0.159. The summed E-state index contributed by atoms with van der Waals surface area (Å²) < 4.78 is 10.9. The fourth-order valence-corrected chi connectivity index (χ4v) is 3.24. The van der Waals surface area contributed by atoms with E-state index < -0.39 is 24.2 Å². The van der Waals surface area contributed by atoms with E-state index in [1.165, 1.54) is 0 Å². The van der Waals surface area contributed by atoms with Crippen molar-refractivity contribution in [2.24, 2.45) is 11.7 Å². The minimum absolute atomic E-state index is 0.146. The van der Waals surface area contributed by atoms with Gasteiger partial charge in [-0.15, -0.1) is 0 Å². The number of hydrogen-bond acceptors (Lipinski definition) is 6. The van der Waals surface area contributed by atoms with Gasteiger partial charge in [0, 0.05) is 13.1 Å². The minimum atomic E-state index is -1.05. The number of benzene rings is 2. The van der Waals surface area contributed by atoms with Gasteiger partial charge in [-0.3, -0.25) is 9.69 Å². The Labute approximate surface area is 159 Å². The van der Waals surface area contributed by atoms with Gasteiger partial charge in [0.25, 0.3) is 0 Å². The van der Waals surface area contributed by atoms with E-state index in [4.69, 9.17) is 15.2 Å². The first-order chi connectivity index (χ1) is 13.2. The van der Waals surface area contributed by atoms with Crippen LogP contribution in [0.15, 0.2) is 60.7 Å². The molecule has 3 rings (SSSR count). The zero-order valence-electron chi connectivity index (χ0n) is 15.2. The number of carbonyl (C=O) groups is 1. The van der Waals surface area contributed by atoms with Crippen molar-refractivity contribution in [1.82, 2.24) is 4.90 Å². The van der Waals surface area contributed by atoms with Gasteiger partial charge >= 0.3 is 5.97 Å². The molecule has 1 saturated heterocycles. The smallest absolute Gasteiger partial charge is 0.315 e. The molecule has 3 atom stereocenters. The summed E-state index contributed by atoms with van der Waals surface area (Å²) in [6, 6.07) is 18.5. The number of ether oxygens (including phenoxy) is 2. The molecule has 144 valence electrons. The van der Waals surface area contributed by atoms with E-state index >= 15 is 0 Å². The van der Waals surface area contributed by atoms with Crippen LogP contribution in [0.1, 0.15) is 17.2 Å². The summed E-state index contributed by atoms with van der Waals surface area (Å²) in [5, 5.41) is 10.9. The summed E-state index contributed by atoms with van der Waals surface area (Å²) >= 11 is 0. The predicted octanol–water partition coefficient (Wildman–Crippen LogP) is 1.70.